The molecule has 1 aliphatic carbocycles. The molecule has 0 aliphatic heterocycles. The van der Waals surface area contributed by atoms with Gasteiger partial charge in [-0.2, -0.15) is 0 Å². The second kappa shape index (κ2) is 2.06. The Hall–Kier alpha value is 0.320. The van der Waals surface area contributed by atoms with Gasteiger partial charge in [0.2, 0.25) is 0 Å². The Balaban J connectivity index is 2.37. The van der Waals surface area contributed by atoms with E-state index in [1.807, 2.05) is 0 Å². The minimum atomic E-state index is 0.610. The molecule has 0 unspecified atom stereocenters. The fraction of sp³-hybridized carbons (Fsp3) is 0.600. The van der Waals surface area contributed by atoms with Crippen LogP contribution in [-0.2, 0) is 0 Å². The molecular formula is C5H6Cl2. The third-order valence-corrected chi connectivity index (χ3v) is 1.84. The first-order valence-electron chi connectivity index (χ1n) is 2.30. The van der Waals surface area contributed by atoms with Crippen molar-refractivity contribution in [2.45, 2.75) is 12.8 Å². The Morgan fingerprint density at radius 2 is 2.14 bits per heavy atom. The van der Waals surface area contributed by atoms with E-state index in [9.17, 15) is 0 Å². The molecule has 7 heavy (non-hydrogen) atoms. The third kappa shape index (κ3) is 1.36. The highest BCUT2D eigenvalue weighted by Gasteiger charge is 2.23. The van der Waals surface area contributed by atoms with Crippen molar-refractivity contribution in [3.63, 3.8) is 0 Å². The molecule has 2 heteroatoms. The topological polar surface area (TPSA) is 0 Å². The van der Waals surface area contributed by atoms with E-state index in [-0.39, 0.29) is 0 Å². The van der Waals surface area contributed by atoms with Gasteiger partial charge >= 0.3 is 0 Å². The summed E-state index contributed by atoms with van der Waals surface area (Å²) < 4.78 is 0. The van der Waals surface area contributed by atoms with E-state index in [2.05, 4.69) is 0 Å². The molecule has 1 saturated carbocycles. The van der Waals surface area contributed by atoms with Gasteiger partial charge in [0.25, 0.3) is 0 Å². The molecule has 0 bridgehead atoms. The van der Waals surface area contributed by atoms with Gasteiger partial charge in [0.15, 0.2) is 0 Å². The van der Waals surface area contributed by atoms with Gasteiger partial charge in [0.1, 0.15) is 0 Å². The number of hydrogen-bond acceptors (Lipinski definition) is 0. The fourth-order valence-corrected chi connectivity index (χ4v) is 0.845. The van der Waals surface area contributed by atoms with Crippen LogP contribution in [0.25, 0.3) is 0 Å². The van der Waals surface area contributed by atoms with Gasteiger partial charge < -0.3 is 0 Å². The van der Waals surface area contributed by atoms with Crippen molar-refractivity contribution in [1.29, 1.82) is 0 Å². The normalized spacial score (nSPS) is 22.9. The van der Waals surface area contributed by atoms with Crippen LogP contribution in [0.3, 0.4) is 0 Å². The predicted octanol–water partition coefficient (Wildman–Crippen LogP) is 2.72. The summed E-state index contributed by atoms with van der Waals surface area (Å²) in [5.41, 5.74) is 1.46. The molecule has 1 aliphatic rings. The van der Waals surface area contributed by atoms with Crippen LogP contribution in [0.15, 0.2) is 10.6 Å². The molecule has 0 N–H and O–H groups in total. The maximum Gasteiger partial charge on any atom is 0.0324 e. The van der Waals surface area contributed by atoms with Gasteiger partial charge in [0.05, 0.1) is 0 Å². The van der Waals surface area contributed by atoms with Crippen LogP contribution in [0.5, 0.6) is 0 Å². The maximum absolute atomic E-state index is 5.59. The van der Waals surface area contributed by atoms with Crippen LogP contribution in [0.4, 0.5) is 0 Å². The van der Waals surface area contributed by atoms with Crippen LogP contribution in [0, 0.1) is 5.92 Å². The van der Waals surface area contributed by atoms with Crippen molar-refractivity contribution in [3.05, 3.63) is 10.6 Å². The molecule has 0 aromatic heterocycles. The lowest BCUT2D eigenvalue weighted by Crippen LogP contribution is -1.67. The summed E-state index contributed by atoms with van der Waals surface area (Å²) in [7, 11) is 0. The average molecular weight is 137 g/mol. The lowest BCUT2D eigenvalue weighted by molar-refractivity contribution is 1.10. The van der Waals surface area contributed by atoms with E-state index >= 15 is 0 Å². The Morgan fingerprint density at radius 3 is 2.29 bits per heavy atom. The van der Waals surface area contributed by atoms with Gasteiger partial charge in [-0.3, -0.25) is 0 Å². The third-order valence-electron chi connectivity index (χ3n) is 1.07. The smallest absolute Gasteiger partial charge is 0.0324 e. The van der Waals surface area contributed by atoms with Gasteiger partial charge in [0, 0.05) is 10.6 Å². The molecule has 40 valence electrons. The van der Waals surface area contributed by atoms with Crippen molar-refractivity contribution in [2.24, 2.45) is 5.92 Å². The van der Waals surface area contributed by atoms with Crippen molar-refractivity contribution in [3.8, 4) is 0 Å². The minimum absolute atomic E-state index is 0.610. The number of hydrogen-bond donors (Lipinski definition) is 0. The fourth-order valence-electron chi connectivity index (χ4n) is 0.448. The van der Waals surface area contributed by atoms with E-state index in [1.165, 1.54) is 18.4 Å². The van der Waals surface area contributed by atoms with Crippen LogP contribution in [-0.4, -0.2) is 0 Å². The molecule has 0 radical (unpaired) electrons. The van der Waals surface area contributed by atoms with Gasteiger partial charge in [-0.15, -0.1) is 0 Å². The van der Waals surface area contributed by atoms with Crippen molar-refractivity contribution < 1.29 is 0 Å². The lowest BCUT2D eigenvalue weighted by Gasteiger charge is -1.83. The zero-order valence-electron chi connectivity index (χ0n) is 3.82. The second-order valence-electron chi connectivity index (χ2n) is 1.77. The number of rotatable bonds is 1. The lowest BCUT2D eigenvalue weighted by atomic mass is 10.4. The standard InChI is InChI=1S/C5H6Cl2/c6-3-5(7)4-1-2-4/h3-4H,1-2H2. The summed E-state index contributed by atoms with van der Waals surface area (Å²) in [6.07, 6.45) is 2.45. The molecule has 0 saturated heterocycles. The monoisotopic (exact) mass is 136 g/mol. The van der Waals surface area contributed by atoms with Crippen LogP contribution >= 0.6 is 23.2 Å². The Labute approximate surface area is 53.1 Å². The Morgan fingerprint density at radius 1 is 1.57 bits per heavy atom. The van der Waals surface area contributed by atoms with E-state index in [4.69, 9.17) is 23.2 Å². The van der Waals surface area contributed by atoms with Crippen LogP contribution in [0.2, 0.25) is 0 Å². The zero-order valence-corrected chi connectivity index (χ0v) is 5.34. The van der Waals surface area contributed by atoms with Crippen LogP contribution in [0.1, 0.15) is 12.8 Å². The van der Waals surface area contributed by atoms with E-state index in [0.29, 0.717) is 5.92 Å². The summed E-state index contributed by atoms with van der Waals surface area (Å²) in [6.45, 7) is 0. The second-order valence-corrected chi connectivity index (χ2v) is 2.42. The average Bonchev–Trinajstić information content (AvgIpc) is 2.44. The first-order valence-corrected chi connectivity index (χ1v) is 3.12. The first-order chi connectivity index (χ1) is 3.34. The molecule has 1 rings (SSSR count). The number of halogens is 2. The summed E-state index contributed by atoms with van der Waals surface area (Å²) in [5.74, 6) is 0.610. The van der Waals surface area contributed by atoms with E-state index < -0.39 is 0 Å². The molecular weight excluding hydrogens is 131 g/mol. The Bertz CT molecular complexity index is 92.3. The van der Waals surface area contributed by atoms with Gasteiger partial charge in [-0.25, -0.2) is 0 Å². The SMILES string of the molecule is ClC=C(Cl)C1CC1. The zero-order chi connectivity index (χ0) is 5.28. The maximum atomic E-state index is 5.59. The molecule has 0 aromatic rings. The highest BCUT2D eigenvalue weighted by molar-refractivity contribution is 6.36. The molecule has 0 atom stereocenters. The molecule has 0 nitrogen and oxygen atoms in total. The minimum Gasteiger partial charge on any atom is -0.0917 e. The molecule has 1 fully saturated rings. The van der Waals surface area contributed by atoms with Crippen molar-refractivity contribution in [1.82, 2.24) is 0 Å². The van der Waals surface area contributed by atoms with E-state index in [1.54, 1.807) is 0 Å². The van der Waals surface area contributed by atoms with Crippen molar-refractivity contribution in [2.75, 3.05) is 0 Å². The molecule has 0 aromatic carbocycles. The predicted molar refractivity (Wildman–Crippen MR) is 32.5 cm³/mol. The van der Waals surface area contributed by atoms with Crippen LogP contribution < -0.4 is 0 Å². The summed E-state index contributed by atoms with van der Waals surface area (Å²) in [4.78, 5) is 0. The summed E-state index contributed by atoms with van der Waals surface area (Å²) in [5, 5.41) is 0.821. The summed E-state index contributed by atoms with van der Waals surface area (Å²) in [6, 6.07) is 0. The van der Waals surface area contributed by atoms with Crippen molar-refractivity contribution >= 4 is 23.2 Å². The molecule has 0 heterocycles. The first kappa shape index (κ1) is 5.46. The summed E-state index contributed by atoms with van der Waals surface area (Å²) >= 11 is 10.9. The quantitative estimate of drug-likeness (QED) is 0.521. The molecule has 0 amide bonds. The van der Waals surface area contributed by atoms with Gasteiger partial charge in [-0.05, 0) is 18.8 Å². The molecule has 0 spiro atoms. The highest BCUT2D eigenvalue weighted by atomic mass is 35.5. The van der Waals surface area contributed by atoms with Gasteiger partial charge in [-0.1, -0.05) is 23.2 Å². The number of allylic oxidation sites excluding steroid dienone is 1. The largest absolute Gasteiger partial charge is 0.0917 e. The Kier molecular flexibility index (Phi) is 1.61. The van der Waals surface area contributed by atoms with E-state index in [0.717, 1.165) is 5.03 Å². The highest BCUT2D eigenvalue weighted by Crippen LogP contribution is 2.38.